The summed E-state index contributed by atoms with van der Waals surface area (Å²) in [7, 11) is 0. The van der Waals surface area contributed by atoms with Gasteiger partial charge in [0.25, 0.3) is 0 Å². The molecule has 0 saturated heterocycles. The zero-order valence-electron chi connectivity index (χ0n) is 18.7. The third-order valence-electron chi connectivity index (χ3n) is 7.80. The molecule has 3 rings (SSSR count). The molecule has 1 aromatic rings. The van der Waals surface area contributed by atoms with Gasteiger partial charge in [-0.25, -0.2) is 13.2 Å². The first-order valence-corrected chi connectivity index (χ1v) is 12.4. The lowest BCUT2D eigenvalue weighted by molar-refractivity contribution is 0.243. The van der Waals surface area contributed by atoms with Crippen molar-refractivity contribution < 1.29 is 13.2 Å². The highest BCUT2D eigenvalue weighted by Crippen LogP contribution is 2.39. The van der Waals surface area contributed by atoms with E-state index in [-0.39, 0.29) is 11.9 Å². The molecule has 2 aliphatic carbocycles. The molecule has 30 heavy (non-hydrogen) atoms. The Hall–Kier alpha value is -1.25. The predicted octanol–water partition coefficient (Wildman–Crippen LogP) is 9.50. The molecule has 0 unspecified atom stereocenters. The Balaban J connectivity index is 1.33. The van der Waals surface area contributed by atoms with Crippen molar-refractivity contribution in [3.63, 3.8) is 0 Å². The molecule has 2 aliphatic rings. The van der Waals surface area contributed by atoms with Crippen LogP contribution in [-0.4, -0.2) is 0 Å². The zero-order valence-corrected chi connectivity index (χ0v) is 18.7. The molecule has 0 amide bonds. The first-order valence-electron chi connectivity index (χ1n) is 12.4. The van der Waals surface area contributed by atoms with Gasteiger partial charge in [-0.2, -0.15) is 0 Å². The van der Waals surface area contributed by atoms with E-state index in [1.54, 1.807) is 6.07 Å². The van der Waals surface area contributed by atoms with Gasteiger partial charge in [-0.3, -0.25) is 0 Å². The molecule has 2 fully saturated rings. The van der Waals surface area contributed by atoms with Gasteiger partial charge in [0.05, 0.1) is 0 Å². The molecular formula is C27H39F3. The van der Waals surface area contributed by atoms with Crippen molar-refractivity contribution in [2.45, 2.75) is 103 Å². The molecule has 0 aromatic heterocycles. The second kappa shape index (κ2) is 12.0. The summed E-state index contributed by atoms with van der Waals surface area (Å²) in [5, 5.41) is 0. The van der Waals surface area contributed by atoms with Crippen molar-refractivity contribution in [3.8, 4) is 0 Å². The van der Waals surface area contributed by atoms with E-state index >= 15 is 0 Å². The van der Waals surface area contributed by atoms with E-state index in [0.717, 1.165) is 36.2 Å². The highest BCUT2D eigenvalue weighted by atomic mass is 19.2. The minimum atomic E-state index is -1.14. The Morgan fingerprint density at radius 1 is 0.867 bits per heavy atom. The number of benzene rings is 1. The maximum Gasteiger partial charge on any atom is 0.161 e. The Morgan fingerprint density at radius 2 is 1.40 bits per heavy atom. The molecule has 0 spiro atoms. The number of halogens is 3. The summed E-state index contributed by atoms with van der Waals surface area (Å²) in [6.45, 7) is 2.31. The van der Waals surface area contributed by atoms with E-state index in [2.05, 4.69) is 6.92 Å². The highest BCUT2D eigenvalue weighted by Gasteiger charge is 2.24. The topological polar surface area (TPSA) is 0 Å². The summed E-state index contributed by atoms with van der Waals surface area (Å²) in [4.78, 5) is 0. The van der Waals surface area contributed by atoms with Gasteiger partial charge in [0.2, 0.25) is 0 Å². The average molecular weight is 421 g/mol. The van der Waals surface area contributed by atoms with Crippen LogP contribution in [0.15, 0.2) is 24.5 Å². The quantitative estimate of drug-likeness (QED) is 0.349. The molecule has 0 bridgehead atoms. The maximum atomic E-state index is 14.1. The van der Waals surface area contributed by atoms with E-state index in [1.807, 2.05) is 0 Å². The molecule has 0 radical (unpaired) electrons. The standard InChI is InChI=1S/C27H39F3/c1-2-5-20-8-10-21(11-9-20)6-3-4-7-22-12-14-23(15-13-22)24-16-17-25(26(29)18-24)27(30)19-28/h16-23H,2-15H2,1H3/t20-,21-,22-,23-. The van der Waals surface area contributed by atoms with Crippen LogP contribution in [0, 0.1) is 23.6 Å². The largest absolute Gasteiger partial charge is 0.212 e. The molecule has 1 aromatic carbocycles. The van der Waals surface area contributed by atoms with Gasteiger partial charge in [0, 0.05) is 5.56 Å². The van der Waals surface area contributed by atoms with Gasteiger partial charge in [-0.05, 0) is 67.1 Å². The highest BCUT2D eigenvalue weighted by molar-refractivity contribution is 5.58. The van der Waals surface area contributed by atoms with Crippen molar-refractivity contribution in [2.24, 2.45) is 17.8 Å². The van der Waals surface area contributed by atoms with E-state index in [0.29, 0.717) is 5.92 Å². The van der Waals surface area contributed by atoms with Gasteiger partial charge >= 0.3 is 0 Å². The average Bonchev–Trinajstić information content (AvgIpc) is 2.78. The molecule has 0 nitrogen and oxygen atoms in total. The summed E-state index contributed by atoms with van der Waals surface area (Å²) >= 11 is 0. The summed E-state index contributed by atoms with van der Waals surface area (Å²) in [6.07, 6.45) is 18.5. The van der Waals surface area contributed by atoms with Gasteiger partial charge in [-0.1, -0.05) is 77.2 Å². The van der Waals surface area contributed by atoms with Crippen LogP contribution in [0.4, 0.5) is 13.2 Å². The number of hydrogen-bond acceptors (Lipinski definition) is 0. The smallest absolute Gasteiger partial charge is 0.161 e. The Bertz CT molecular complexity index is 665. The molecule has 168 valence electrons. The molecule has 0 aliphatic heterocycles. The Morgan fingerprint density at radius 3 is 1.90 bits per heavy atom. The summed E-state index contributed by atoms with van der Waals surface area (Å²) in [6, 6.07) is 4.54. The van der Waals surface area contributed by atoms with Gasteiger partial charge in [-0.15, -0.1) is 0 Å². The van der Waals surface area contributed by atoms with Crippen LogP contribution < -0.4 is 0 Å². The normalized spacial score (nSPS) is 27.9. The maximum absolute atomic E-state index is 14.1. The Labute approximate surface area is 181 Å². The second-order valence-electron chi connectivity index (χ2n) is 9.87. The molecular weight excluding hydrogens is 381 g/mol. The monoisotopic (exact) mass is 420 g/mol. The number of unbranched alkanes of at least 4 members (excludes halogenated alkanes) is 1. The lowest BCUT2D eigenvalue weighted by atomic mass is 9.76. The molecule has 0 atom stereocenters. The number of hydrogen-bond donors (Lipinski definition) is 0. The van der Waals surface area contributed by atoms with E-state index in [1.165, 1.54) is 89.2 Å². The summed E-state index contributed by atoms with van der Waals surface area (Å²) in [5.41, 5.74) is 0.647. The Kier molecular flexibility index (Phi) is 9.33. The third kappa shape index (κ3) is 6.62. The summed E-state index contributed by atoms with van der Waals surface area (Å²) in [5.74, 6) is 1.33. The second-order valence-corrected chi connectivity index (χ2v) is 9.87. The van der Waals surface area contributed by atoms with Gasteiger partial charge in [0.15, 0.2) is 5.83 Å². The fourth-order valence-electron chi connectivity index (χ4n) is 5.91. The molecule has 3 heteroatoms. The van der Waals surface area contributed by atoms with Crippen LogP contribution in [0.25, 0.3) is 5.83 Å². The van der Waals surface area contributed by atoms with Crippen molar-refractivity contribution in [1.29, 1.82) is 0 Å². The van der Waals surface area contributed by atoms with Crippen molar-refractivity contribution >= 4 is 5.83 Å². The van der Waals surface area contributed by atoms with Crippen molar-refractivity contribution in [3.05, 3.63) is 41.5 Å². The fraction of sp³-hybridized carbons (Fsp3) is 0.704. The van der Waals surface area contributed by atoms with Crippen LogP contribution in [-0.2, 0) is 0 Å². The van der Waals surface area contributed by atoms with Crippen LogP contribution in [0.3, 0.4) is 0 Å². The van der Waals surface area contributed by atoms with Crippen molar-refractivity contribution in [1.82, 2.24) is 0 Å². The number of rotatable bonds is 9. The molecule has 0 heterocycles. The fourth-order valence-corrected chi connectivity index (χ4v) is 5.91. The van der Waals surface area contributed by atoms with E-state index in [4.69, 9.17) is 0 Å². The van der Waals surface area contributed by atoms with E-state index < -0.39 is 11.6 Å². The van der Waals surface area contributed by atoms with Crippen LogP contribution in [0.1, 0.15) is 114 Å². The van der Waals surface area contributed by atoms with Crippen LogP contribution >= 0.6 is 0 Å². The SMILES string of the molecule is CCC[C@H]1CC[C@H](CCCC[C@H]2CC[C@H](c3ccc(C(F)=CF)c(F)c3)CC2)CC1. The third-order valence-corrected chi connectivity index (χ3v) is 7.80. The minimum Gasteiger partial charge on any atom is -0.212 e. The first-order chi connectivity index (χ1) is 14.6. The molecule has 2 saturated carbocycles. The first kappa shape index (κ1) is 23.4. The van der Waals surface area contributed by atoms with Crippen molar-refractivity contribution in [2.75, 3.05) is 0 Å². The van der Waals surface area contributed by atoms with Gasteiger partial charge in [0.1, 0.15) is 12.1 Å². The lowest BCUT2D eigenvalue weighted by Crippen LogP contribution is -2.15. The van der Waals surface area contributed by atoms with Gasteiger partial charge < -0.3 is 0 Å². The van der Waals surface area contributed by atoms with E-state index in [9.17, 15) is 13.2 Å². The zero-order chi connectivity index (χ0) is 21.3. The lowest BCUT2D eigenvalue weighted by Gasteiger charge is -2.30. The minimum absolute atomic E-state index is 0.180. The van der Waals surface area contributed by atoms with Crippen LogP contribution in [0.2, 0.25) is 0 Å². The predicted molar refractivity (Wildman–Crippen MR) is 120 cm³/mol. The molecule has 0 N–H and O–H groups in total. The van der Waals surface area contributed by atoms with Crippen LogP contribution in [0.5, 0.6) is 0 Å². The summed E-state index contributed by atoms with van der Waals surface area (Å²) < 4.78 is 39.7.